The van der Waals surface area contributed by atoms with Gasteiger partial charge in [-0.1, -0.05) is 11.6 Å². The van der Waals surface area contributed by atoms with Crippen molar-refractivity contribution in [2.45, 2.75) is 19.8 Å². The fourth-order valence-electron chi connectivity index (χ4n) is 3.15. The Balaban J connectivity index is 2.35. The molecular formula is C19H14ClF2NO4. The van der Waals surface area contributed by atoms with E-state index in [9.17, 15) is 28.6 Å². The first-order chi connectivity index (χ1) is 12.6. The van der Waals surface area contributed by atoms with Crippen LogP contribution in [0.2, 0.25) is 5.02 Å². The quantitative estimate of drug-likeness (QED) is 0.688. The molecule has 0 amide bonds. The summed E-state index contributed by atoms with van der Waals surface area (Å²) in [5.74, 6) is -5.51. The van der Waals surface area contributed by atoms with Crippen molar-refractivity contribution in [2.75, 3.05) is 0 Å². The van der Waals surface area contributed by atoms with Crippen LogP contribution in [0.25, 0.3) is 10.9 Å². The van der Waals surface area contributed by atoms with Gasteiger partial charge in [0.15, 0.2) is 11.6 Å². The number of phenolic OH excluding ortho intramolecular Hbond substituents is 1. The summed E-state index contributed by atoms with van der Waals surface area (Å²) >= 11 is 5.64. The van der Waals surface area contributed by atoms with E-state index in [0.29, 0.717) is 0 Å². The number of aromatic hydroxyl groups is 1. The number of carbonyl (C=O) groups is 2. The summed E-state index contributed by atoms with van der Waals surface area (Å²) in [5.41, 5.74) is 0.282. The highest BCUT2D eigenvalue weighted by Crippen LogP contribution is 2.37. The van der Waals surface area contributed by atoms with E-state index in [0.717, 1.165) is 16.7 Å². The van der Waals surface area contributed by atoms with Gasteiger partial charge in [-0.15, -0.1) is 0 Å². The van der Waals surface area contributed by atoms with Crippen LogP contribution in [-0.2, 0) is 4.79 Å². The lowest BCUT2D eigenvalue weighted by atomic mass is 9.97. The molecule has 2 aromatic carbocycles. The van der Waals surface area contributed by atoms with Crippen molar-refractivity contribution in [3.8, 4) is 5.75 Å². The highest BCUT2D eigenvalue weighted by Gasteiger charge is 2.29. The lowest BCUT2D eigenvalue weighted by molar-refractivity contribution is -0.138. The lowest BCUT2D eigenvalue weighted by Crippen LogP contribution is -2.15. The standard InChI is InChI=1S/C19H14ClF2NO4/c1-8(19(26)27)15-9(2)23(13-5-6-14(24)17(22)16(13)15)18(25)10-3-4-11(20)12(21)7-10/h3-8,24H,1-2H3,(H,26,27). The highest BCUT2D eigenvalue weighted by atomic mass is 35.5. The van der Waals surface area contributed by atoms with Crippen LogP contribution in [0, 0.1) is 18.6 Å². The van der Waals surface area contributed by atoms with Gasteiger partial charge >= 0.3 is 5.97 Å². The number of rotatable bonds is 3. The Hall–Kier alpha value is -2.93. The number of hydrogen-bond acceptors (Lipinski definition) is 3. The molecule has 8 heteroatoms. The van der Waals surface area contributed by atoms with Gasteiger partial charge in [0.05, 0.1) is 16.5 Å². The summed E-state index contributed by atoms with van der Waals surface area (Å²) in [4.78, 5) is 24.4. The number of halogens is 3. The summed E-state index contributed by atoms with van der Waals surface area (Å²) < 4.78 is 29.5. The predicted molar refractivity (Wildman–Crippen MR) is 95.5 cm³/mol. The largest absolute Gasteiger partial charge is 0.505 e. The van der Waals surface area contributed by atoms with Gasteiger partial charge in [-0.05, 0) is 49.7 Å². The minimum atomic E-state index is -1.22. The first kappa shape index (κ1) is 18.8. The number of carboxylic acids is 1. The molecule has 1 heterocycles. The molecule has 27 heavy (non-hydrogen) atoms. The summed E-state index contributed by atoms with van der Waals surface area (Å²) in [7, 11) is 0. The zero-order valence-electron chi connectivity index (χ0n) is 14.3. The van der Waals surface area contributed by atoms with Crippen LogP contribution < -0.4 is 0 Å². The van der Waals surface area contributed by atoms with Crippen molar-refractivity contribution in [1.29, 1.82) is 0 Å². The van der Waals surface area contributed by atoms with Gasteiger partial charge in [-0.2, -0.15) is 0 Å². The molecule has 0 aliphatic heterocycles. The fraction of sp³-hybridized carbons (Fsp3) is 0.158. The second kappa shape index (κ2) is 6.66. The summed E-state index contributed by atoms with van der Waals surface area (Å²) in [5, 5.41) is 18.8. The third kappa shape index (κ3) is 2.94. The molecule has 0 aliphatic rings. The number of aliphatic carboxylic acids is 1. The van der Waals surface area contributed by atoms with E-state index >= 15 is 0 Å². The maximum absolute atomic E-state index is 14.6. The van der Waals surface area contributed by atoms with Crippen LogP contribution >= 0.6 is 11.6 Å². The maximum atomic E-state index is 14.6. The van der Waals surface area contributed by atoms with E-state index in [2.05, 4.69) is 0 Å². The van der Waals surface area contributed by atoms with E-state index in [1.165, 1.54) is 32.0 Å². The second-order valence-corrected chi connectivity index (χ2v) is 6.53. The minimum Gasteiger partial charge on any atom is -0.505 e. The molecule has 0 saturated heterocycles. The smallest absolute Gasteiger partial charge is 0.310 e. The second-order valence-electron chi connectivity index (χ2n) is 6.12. The molecule has 0 fully saturated rings. The van der Waals surface area contributed by atoms with Crippen molar-refractivity contribution in [3.05, 3.63) is 63.8 Å². The number of fused-ring (bicyclic) bond motifs is 1. The monoisotopic (exact) mass is 393 g/mol. The van der Waals surface area contributed by atoms with Gasteiger partial charge < -0.3 is 10.2 Å². The zero-order valence-corrected chi connectivity index (χ0v) is 15.0. The molecule has 0 bridgehead atoms. The molecule has 3 rings (SSSR count). The van der Waals surface area contributed by atoms with Crippen LogP contribution in [0.15, 0.2) is 30.3 Å². The van der Waals surface area contributed by atoms with Crippen LogP contribution in [0.3, 0.4) is 0 Å². The van der Waals surface area contributed by atoms with Crippen LogP contribution in [-0.4, -0.2) is 26.7 Å². The molecule has 1 unspecified atom stereocenters. The maximum Gasteiger partial charge on any atom is 0.310 e. The first-order valence-corrected chi connectivity index (χ1v) is 8.27. The van der Waals surface area contributed by atoms with Gasteiger partial charge in [0.25, 0.3) is 5.91 Å². The highest BCUT2D eigenvalue weighted by molar-refractivity contribution is 6.30. The average Bonchev–Trinajstić information content (AvgIpc) is 2.91. The van der Waals surface area contributed by atoms with Gasteiger partial charge in [0, 0.05) is 16.6 Å². The normalized spacial score (nSPS) is 12.3. The summed E-state index contributed by atoms with van der Waals surface area (Å²) in [6.07, 6.45) is 0. The van der Waals surface area contributed by atoms with Crippen LogP contribution in [0.1, 0.15) is 34.5 Å². The van der Waals surface area contributed by atoms with E-state index in [-0.39, 0.29) is 32.7 Å². The van der Waals surface area contributed by atoms with Crippen LogP contribution in [0.4, 0.5) is 8.78 Å². The van der Waals surface area contributed by atoms with Crippen molar-refractivity contribution >= 4 is 34.4 Å². The molecular weight excluding hydrogens is 380 g/mol. The molecule has 2 N–H and O–H groups in total. The molecule has 0 saturated carbocycles. The number of nitrogens with zero attached hydrogens (tertiary/aromatic N) is 1. The molecule has 3 aromatic rings. The van der Waals surface area contributed by atoms with Gasteiger partial charge in [-0.25, -0.2) is 8.78 Å². The number of phenols is 1. The molecule has 1 atom stereocenters. The third-order valence-corrected chi connectivity index (χ3v) is 4.81. The van der Waals surface area contributed by atoms with Gasteiger partial charge in [0.1, 0.15) is 5.82 Å². The number of carboxylic acid groups (broad SMARTS) is 1. The summed E-state index contributed by atoms with van der Waals surface area (Å²) in [6, 6.07) is 5.86. The van der Waals surface area contributed by atoms with E-state index in [1.54, 1.807) is 0 Å². The zero-order chi connectivity index (χ0) is 20.0. The Morgan fingerprint density at radius 3 is 2.44 bits per heavy atom. The molecule has 0 radical (unpaired) electrons. The topological polar surface area (TPSA) is 79.5 Å². The Morgan fingerprint density at radius 1 is 1.19 bits per heavy atom. The predicted octanol–water partition coefficient (Wildman–Crippen LogP) is 4.46. The van der Waals surface area contributed by atoms with E-state index in [4.69, 9.17) is 11.6 Å². The van der Waals surface area contributed by atoms with Crippen molar-refractivity contribution in [3.63, 3.8) is 0 Å². The molecule has 0 aliphatic carbocycles. The van der Waals surface area contributed by atoms with Gasteiger partial charge in [0.2, 0.25) is 0 Å². The van der Waals surface area contributed by atoms with Crippen LogP contribution in [0.5, 0.6) is 5.75 Å². The van der Waals surface area contributed by atoms with Crippen molar-refractivity contribution in [1.82, 2.24) is 4.57 Å². The first-order valence-electron chi connectivity index (χ1n) is 7.90. The number of carbonyl (C=O) groups excluding carboxylic acids is 1. The Labute approximate surface area is 157 Å². The van der Waals surface area contributed by atoms with E-state index < -0.39 is 35.2 Å². The lowest BCUT2D eigenvalue weighted by Gasteiger charge is -2.10. The Morgan fingerprint density at radius 2 is 1.85 bits per heavy atom. The SMILES string of the molecule is Cc1c(C(C)C(=O)O)c2c(F)c(O)ccc2n1C(=O)c1ccc(Cl)c(F)c1. The van der Waals surface area contributed by atoms with E-state index in [1.807, 2.05) is 0 Å². The Bertz CT molecular complexity index is 1110. The number of aromatic nitrogens is 1. The summed E-state index contributed by atoms with van der Waals surface area (Å²) in [6.45, 7) is 2.82. The molecule has 1 aromatic heterocycles. The Kier molecular flexibility index (Phi) is 4.65. The third-order valence-electron chi connectivity index (χ3n) is 4.51. The number of hydrogen-bond donors (Lipinski definition) is 2. The minimum absolute atomic E-state index is 0.0417. The molecule has 5 nitrogen and oxygen atoms in total. The molecule has 0 spiro atoms. The van der Waals surface area contributed by atoms with Crippen molar-refractivity contribution in [2.24, 2.45) is 0 Å². The van der Waals surface area contributed by atoms with Crippen molar-refractivity contribution < 1.29 is 28.6 Å². The molecule has 140 valence electrons. The average molecular weight is 394 g/mol. The fourth-order valence-corrected chi connectivity index (χ4v) is 3.27. The van der Waals surface area contributed by atoms with Gasteiger partial charge in [-0.3, -0.25) is 14.2 Å². The number of benzene rings is 2.